The summed E-state index contributed by atoms with van der Waals surface area (Å²) in [5, 5.41) is 17.6. The third-order valence-electron chi connectivity index (χ3n) is 3.79. The van der Waals surface area contributed by atoms with Gasteiger partial charge in [0, 0.05) is 13.1 Å². The van der Waals surface area contributed by atoms with Crippen LogP contribution >= 0.6 is 11.6 Å². The van der Waals surface area contributed by atoms with Gasteiger partial charge in [0.05, 0.1) is 27.6 Å². The lowest BCUT2D eigenvalue weighted by Crippen LogP contribution is -2.30. The number of carbonyl (C=O) groups excluding carboxylic acids is 2. The van der Waals surface area contributed by atoms with Gasteiger partial charge in [-0.1, -0.05) is 11.6 Å². The molecule has 1 amide bonds. The number of hydrogen-bond acceptors (Lipinski definition) is 6. The number of esters is 1. The van der Waals surface area contributed by atoms with Crippen molar-refractivity contribution in [3.63, 3.8) is 0 Å². The van der Waals surface area contributed by atoms with Crippen LogP contribution in [0.5, 0.6) is 0 Å². The molecule has 1 heterocycles. The second-order valence-electron chi connectivity index (χ2n) is 5.63. The highest BCUT2D eigenvalue weighted by Crippen LogP contribution is 2.25. The van der Waals surface area contributed by atoms with Crippen molar-refractivity contribution < 1.29 is 19.2 Å². The Morgan fingerprint density at radius 1 is 1.38 bits per heavy atom. The van der Waals surface area contributed by atoms with E-state index in [9.17, 15) is 19.7 Å². The molecule has 0 spiro atoms. The zero-order valence-corrected chi connectivity index (χ0v) is 15.3. The highest BCUT2D eigenvalue weighted by Gasteiger charge is 2.23. The molecule has 1 aromatic carbocycles. The summed E-state index contributed by atoms with van der Waals surface area (Å²) in [6, 6.07) is 3.52. The van der Waals surface area contributed by atoms with Crippen molar-refractivity contribution in [3.05, 3.63) is 50.3 Å². The van der Waals surface area contributed by atoms with E-state index in [-0.39, 0.29) is 10.6 Å². The molecule has 0 saturated carbocycles. The molecule has 10 heteroatoms. The number of ether oxygens (including phenoxy) is 1. The minimum atomic E-state index is -1.11. The third-order valence-corrected chi connectivity index (χ3v) is 4.11. The Morgan fingerprint density at radius 3 is 2.58 bits per heavy atom. The number of anilines is 1. The predicted octanol–water partition coefficient (Wildman–Crippen LogP) is 2.78. The van der Waals surface area contributed by atoms with Gasteiger partial charge in [0.25, 0.3) is 11.6 Å². The Labute approximate surface area is 154 Å². The summed E-state index contributed by atoms with van der Waals surface area (Å²) in [7, 11) is 1.74. The summed E-state index contributed by atoms with van der Waals surface area (Å²) >= 11 is 5.71. The number of nitro benzene ring substituents is 1. The number of hydrogen-bond donors (Lipinski definition) is 1. The van der Waals surface area contributed by atoms with E-state index in [1.807, 2.05) is 0 Å². The Balaban J connectivity index is 2.10. The van der Waals surface area contributed by atoms with E-state index in [2.05, 4.69) is 10.4 Å². The number of halogens is 1. The molecule has 1 atom stereocenters. The van der Waals surface area contributed by atoms with Crippen molar-refractivity contribution in [2.75, 3.05) is 5.32 Å². The first-order valence-electron chi connectivity index (χ1n) is 7.57. The van der Waals surface area contributed by atoms with Crippen molar-refractivity contribution >= 4 is 34.9 Å². The summed E-state index contributed by atoms with van der Waals surface area (Å²) in [5.74, 6) is -1.41. The fourth-order valence-electron chi connectivity index (χ4n) is 2.24. The van der Waals surface area contributed by atoms with E-state index >= 15 is 0 Å². The molecule has 138 valence electrons. The first kappa shape index (κ1) is 19.4. The van der Waals surface area contributed by atoms with Crippen molar-refractivity contribution in [1.82, 2.24) is 9.78 Å². The minimum absolute atomic E-state index is 0.0745. The second kappa shape index (κ2) is 7.52. The Kier molecular flexibility index (Phi) is 5.61. The van der Waals surface area contributed by atoms with Crippen LogP contribution in [-0.2, 0) is 16.6 Å². The highest BCUT2D eigenvalue weighted by molar-refractivity contribution is 6.32. The summed E-state index contributed by atoms with van der Waals surface area (Å²) in [6.07, 6.45) is -1.11. The topological polar surface area (TPSA) is 116 Å². The van der Waals surface area contributed by atoms with Crippen LogP contribution < -0.4 is 5.32 Å². The van der Waals surface area contributed by atoms with Gasteiger partial charge >= 0.3 is 5.97 Å². The molecule has 0 bridgehead atoms. The summed E-state index contributed by atoms with van der Waals surface area (Å²) in [4.78, 5) is 34.6. The smallest absolute Gasteiger partial charge is 0.339 e. The van der Waals surface area contributed by atoms with Gasteiger partial charge < -0.3 is 10.1 Å². The normalized spacial score (nSPS) is 11.7. The third kappa shape index (κ3) is 3.99. The van der Waals surface area contributed by atoms with Crippen LogP contribution in [0, 0.1) is 24.0 Å². The molecule has 0 aliphatic heterocycles. The van der Waals surface area contributed by atoms with E-state index in [1.54, 1.807) is 25.6 Å². The van der Waals surface area contributed by atoms with Crippen LogP contribution in [0.4, 0.5) is 11.4 Å². The first-order valence-corrected chi connectivity index (χ1v) is 7.95. The van der Waals surface area contributed by atoms with Crippen LogP contribution in [0.3, 0.4) is 0 Å². The quantitative estimate of drug-likeness (QED) is 0.484. The van der Waals surface area contributed by atoms with Gasteiger partial charge in [0.15, 0.2) is 6.10 Å². The highest BCUT2D eigenvalue weighted by atomic mass is 35.5. The number of carbonyl (C=O) groups is 2. The Bertz CT molecular complexity index is 893. The molecule has 0 aliphatic carbocycles. The van der Waals surface area contributed by atoms with E-state index < -0.39 is 28.6 Å². The van der Waals surface area contributed by atoms with Crippen molar-refractivity contribution in [2.24, 2.45) is 7.05 Å². The number of aromatic nitrogens is 2. The maximum Gasteiger partial charge on any atom is 0.339 e. The van der Waals surface area contributed by atoms with Crippen LogP contribution in [0.1, 0.15) is 28.7 Å². The molecule has 2 rings (SSSR count). The molecule has 0 unspecified atom stereocenters. The zero-order valence-electron chi connectivity index (χ0n) is 14.6. The van der Waals surface area contributed by atoms with Gasteiger partial charge in [0.2, 0.25) is 0 Å². The largest absolute Gasteiger partial charge is 0.449 e. The standard InChI is InChI=1S/C16H17ClN4O5/c1-8-14(9(2)20(4)19-8)18-15(22)10(3)26-16(23)11-5-6-12(17)13(7-11)21(24)25/h5-7,10H,1-4H3,(H,18,22)/t10-/m0/s1. The minimum Gasteiger partial charge on any atom is -0.449 e. The lowest BCUT2D eigenvalue weighted by atomic mass is 10.2. The van der Waals surface area contributed by atoms with Gasteiger partial charge in [-0.3, -0.25) is 19.6 Å². The van der Waals surface area contributed by atoms with Crippen LogP contribution in [0.25, 0.3) is 0 Å². The van der Waals surface area contributed by atoms with Crippen LogP contribution in [-0.4, -0.2) is 32.7 Å². The van der Waals surface area contributed by atoms with Crippen molar-refractivity contribution in [2.45, 2.75) is 26.9 Å². The van der Waals surface area contributed by atoms with E-state index in [0.29, 0.717) is 11.4 Å². The maximum atomic E-state index is 12.3. The lowest BCUT2D eigenvalue weighted by Gasteiger charge is -2.14. The molecule has 0 aliphatic rings. The Morgan fingerprint density at radius 2 is 2.04 bits per heavy atom. The lowest BCUT2D eigenvalue weighted by molar-refractivity contribution is -0.384. The number of rotatable bonds is 5. The number of nitrogens with one attached hydrogen (secondary N) is 1. The monoisotopic (exact) mass is 380 g/mol. The van der Waals surface area contributed by atoms with E-state index in [4.69, 9.17) is 16.3 Å². The van der Waals surface area contributed by atoms with Crippen molar-refractivity contribution in [1.29, 1.82) is 0 Å². The first-order chi connectivity index (χ1) is 12.1. The van der Waals surface area contributed by atoms with Gasteiger partial charge in [-0.05, 0) is 32.9 Å². The number of nitrogens with zero attached hydrogens (tertiary/aromatic N) is 3. The molecule has 0 radical (unpaired) electrons. The summed E-state index contributed by atoms with van der Waals surface area (Å²) < 4.78 is 6.71. The van der Waals surface area contributed by atoms with Gasteiger partial charge in [-0.15, -0.1) is 0 Å². The van der Waals surface area contributed by atoms with E-state index in [1.165, 1.54) is 19.1 Å². The number of benzene rings is 1. The zero-order chi connectivity index (χ0) is 19.6. The fraction of sp³-hybridized carbons (Fsp3) is 0.312. The summed E-state index contributed by atoms with van der Waals surface area (Å²) in [5.41, 5.74) is 1.43. The van der Waals surface area contributed by atoms with E-state index in [0.717, 1.165) is 11.8 Å². The number of aryl methyl sites for hydroxylation is 2. The van der Waals surface area contributed by atoms with Crippen LogP contribution in [0.15, 0.2) is 18.2 Å². The average molecular weight is 381 g/mol. The SMILES string of the molecule is Cc1nn(C)c(C)c1NC(=O)[C@H](C)OC(=O)c1ccc(Cl)c([N+](=O)[O-])c1. The predicted molar refractivity (Wildman–Crippen MR) is 94.3 cm³/mol. The number of amides is 1. The maximum absolute atomic E-state index is 12.3. The molecule has 2 aromatic rings. The van der Waals surface area contributed by atoms with Crippen molar-refractivity contribution in [3.8, 4) is 0 Å². The van der Waals surface area contributed by atoms with Gasteiger partial charge in [-0.2, -0.15) is 5.10 Å². The van der Waals surface area contributed by atoms with Gasteiger partial charge in [0.1, 0.15) is 5.02 Å². The number of nitro groups is 1. The Hall–Kier alpha value is -2.94. The van der Waals surface area contributed by atoms with Crippen LogP contribution in [0.2, 0.25) is 5.02 Å². The molecular formula is C16H17ClN4O5. The van der Waals surface area contributed by atoms with Gasteiger partial charge in [-0.25, -0.2) is 4.79 Å². The average Bonchev–Trinajstić information content (AvgIpc) is 2.80. The molecule has 0 fully saturated rings. The fourth-order valence-corrected chi connectivity index (χ4v) is 2.43. The molecule has 1 aromatic heterocycles. The molecule has 0 saturated heterocycles. The molecule has 9 nitrogen and oxygen atoms in total. The second-order valence-corrected chi connectivity index (χ2v) is 6.04. The molecule has 1 N–H and O–H groups in total. The summed E-state index contributed by atoms with van der Waals surface area (Å²) in [6.45, 7) is 4.93. The molecular weight excluding hydrogens is 364 g/mol. The molecule has 26 heavy (non-hydrogen) atoms.